The van der Waals surface area contributed by atoms with Crippen LogP contribution >= 0.6 is 11.8 Å². The molecule has 0 radical (unpaired) electrons. The third-order valence-electron chi connectivity index (χ3n) is 3.00. The zero-order chi connectivity index (χ0) is 12.8. The summed E-state index contributed by atoms with van der Waals surface area (Å²) in [5.74, 6) is 1.15. The predicted molar refractivity (Wildman–Crippen MR) is 72.4 cm³/mol. The SMILES string of the molecule is CCSC1CCC(NC(=O)N(C)CC(C)O)C1. The molecule has 2 amide bonds. The Balaban J connectivity index is 2.27. The van der Waals surface area contributed by atoms with Crippen molar-refractivity contribution in [3.63, 3.8) is 0 Å². The smallest absolute Gasteiger partial charge is 0.317 e. The van der Waals surface area contributed by atoms with Gasteiger partial charge in [-0.25, -0.2) is 4.79 Å². The number of amides is 2. The number of hydrogen-bond acceptors (Lipinski definition) is 3. The van der Waals surface area contributed by atoms with E-state index in [4.69, 9.17) is 0 Å². The Morgan fingerprint density at radius 3 is 2.88 bits per heavy atom. The van der Waals surface area contributed by atoms with Crippen molar-refractivity contribution in [2.24, 2.45) is 0 Å². The Labute approximate surface area is 108 Å². The number of nitrogens with zero attached hydrogens (tertiary/aromatic N) is 1. The van der Waals surface area contributed by atoms with E-state index in [2.05, 4.69) is 12.2 Å². The Kier molecular flexibility index (Phi) is 6.12. The van der Waals surface area contributed by atoms with Crippen LogP contribution in [0.15, 0.2) is 0 Å². The molecule has 0 saturated heterocycles. The fraction of sp³-hybridized carbons (Fsp3) is 0.917. The number of aliphatic hydroxyl groups is 1. The van der Waals surface area contributed by atoms with Gasteiger partial charge < -0.3 is 15.3 Å². The summed E-state index contributed by atoms with van der Waals surface area (Å²) in [4.78, 5) is 13.3. The quantitative estimate of drug-likeness (QED) is 0.791. The lowest BCUT2D eigenvalue weighted by Crippen LogP contribution is -2.44. The number of aliphatic hydroxyl groups excluding tert-OH is 1. The zero-order valence-corrected chi connectivity index (χ0v) is 11.8. The number of likely N-dealkylation sites (N-methyl/N-ethyl adjacent to an activating group) is 1. The molecule has 0 bridgehead atoms. The molecule has 2 N–H and O–H groups in total. The van der Waals surface area contributed by atoms with Crippen molar-refractivity contribution in [1.82, 2.24) is 10.2 Å². The Morgan fingerprint density at radius 2 is 2.29 bits per heavy atom. The highest BCUT2D eigenvalue weighted by atomic mass is 32.2. The van der Waals surface area contributed by atoms with E-state index in [9.17, 15) is 9.90 Å². The van der Waals surface area contributed by atoms with Crippen molar-refractivity contribution >= 4 is 17.8 Å². The molecular formula is C12H24N2O2S. The van der Waals surface area contributed by atoms with Crippen LogP contribution in [0, 0.1) is 0 Å². The number of carbonyl (C=O) groups is 1. The Morgan fingerprint density at radius 1 is 1.59 bits per heavy atom. The van der Waals surface area contributed by atoms with Crippen molar-refractivity contribution in [2.75, 3.05) is 19.3 Å². The number of carbonyl (C=O) groups excluding carboxylic acids is 1. The normalized spacial score (nSPS) is 25.6. The molecule has 4 nitrogen and oxygen atoms in total. The van der Waals surface area contributed by atoms with E-state index in [1.807, 2.05) is 11.8 Å². The van der Waals surface area contributed by atoms with Crippen molar-refractivity contribution < 1.29 is 9.90 Å². The molecule has 3 atom stereocenters. The summed E-state index contributed by atoms with van der Waals surface area (Å²) in [5, 5.41) is 13.0. The number of urea groups is 1. The van der Waals surface area contributed by atoms with Gasteiger partial charge in [0.1, 0.15) is 0 Å². The largest absolute Gasteiger partial charge is 0.392 e. The minimum Gasteiger partial charge on any atom is -0.392 e. The summed E-state index contributed by atoms with van der Waals surface area (Å²) in [6.07, 6.45) is 2.88. The molecule has 1 aliphatic rings. The Bertz CT molecular complexity index is 249. The maximum atomic E-state index is 11.8. The highest BCUT2D eigenvalue weighted by Crippen LogP contribution is 2.29. The summed E-state index contributed by atoms with van der Waals surface area (Å²) >= 11 is 1.98. The van der Waals surface area contributed by atoms with Gasteiger partial charge in [0.05, 0.1) is 6.10 Å². The van der Waals surface area contributed by atoms with Gasteiger partial charge in [-0.2, -0.15) is 11.8 Å². The second-order valence-corrected chi connectivity index (χ2v) is 6.34. The van der Waals surface area contributed by atoms with E-state index in [1.54, 1.807) is 18.9 Å². The summed E-state index contributed by atoms with van der Waals surface area (Å²) in [6, 6.07) is 0.237. The fourth-order valence-electron chi connectivity index (χ4n) is 2.22. The van der Waals surface area contributed by atoms with E-state index in [-0.39, 0.29) is 6.03 Å². The van der Waals surface area contributed by atoms with Gasteiger partial charge in [0.2, 0.25) is 0 Å². The van der Waals surface area contributed by atoms with Crippen LogP contribution in [0.5, 0.6) is 0 Å². The molecule has 1 fully saturated rings. The first kappa shape index (κ1) is 14.6. The predicted octanol–water partition coefficient (Wildman–Crippen LogP) is 1.68. The number of hydrogen-bond donors (Lipinski definition) is 2. The average molecular weight is 260 g/mol. The molecule has 0 spiro atoms. The van der Waals surface area contributed by atoms with Crippen LogP contribution in [0.1, 0.15) is 33.1 Å². The minimum absolute atomic E-state index is 0.0713. The van der Waals surface area contributed by atoms with E-state index < -0.39 is 6.10 Å². The molecule has 0 aliphatic heterocycles. The molecule has 0 aromatic heterocycles. The molecule has 1 saturated carbocycles. The van der Waals surface area contributed by atoms with E-state index in [0.29, 0.717) is 17.8 Å². The molecule has 0 aromatic rings. The number of nitrogens with one attached hydrogen (secondary N) is 1. The van der Waals surface area contributed by atoms with Crippen molar-refractivity contribution in [2.45, 2.75) is 50.5 Å². The monoisotopic (exact) mass is 260 g/mol. The second kappa shape index (κ2) is 7.11. The third-order valence-corrected chi connectivity index (χ3v) is 4.23. The lowest BCUT2D eigenvalue weighted by Gasteiger charge is -2.22. The maximum absolute atomic E-state index is 11.8. The van der Waals surface area contributed by atoms with E-state index in [1.165, 1.54) is 6.42 Å². The third kappa shape index (κ3) is 5.17. The second-order valence-electron chi connectivity index (χ2n) is 4.77. The molecule has 5 heteroatoms. The Hall–Kier alpha value is -0.420. The molecule has 0 aromatic carbocycles. The lowest BCUT2D eigenvalue weighted by molar-refractivity contribution is 0.142. The maximum Gasteiger partial charge on any atom is 0.317 e. The summed E-state index contributed by atoms with van der Waals surface area (Å²) in [6.45, 7) is 4.24. The molecule has 1 rings (SSSR count). The summed E-state index contributed by atoms with van der Waals surface area (Å²) < 4.78 is 0. The first-order valence-corrected chi connectivity index (χ1v) is 7.39. The van der Waals surface area contributed by atoms with Crippen LogP contribution in [-0.2, 0) is 0 Å². The highest BCUT2D eigenvalue weighted by molar-refractivity contribution is 7.99. The number of thioether (sulfide) groups is 1. The van der Waals surface area contributed by atoms with Crippen LogP contribution in [0.3, 0.4) is 0 Å². The van der Waals surface area contributed by atoms with Crippen LogP contribution in [-0.4, -0.2) is 52.8 Å². The van der Waals surface area contributed by atoms with Crippen LogP contribution in [0.2, 0.25) is 0 Å². The molecule has 0 heterocycles. The van der Waals surface area contributed by atoms with Crippen molar-refractivity contribution in [3.8, 4) is 0 Å². The molecule has 1 aliphatic carbocycles. The molecule has 17 heavy (non-hydrogen) atoms. The zero-order valence-electron chi connectivity index (χ0n) is 11.0. The topological polar surface area (TPSA) is 52.6 Å². The van der Waals surface area contributed by atoms with Gasteiger partial charge in [-0.3, -0.25) is 0 Å². The van der Waals surface area contributed by atoms with Gasteiger partial charge in [-0.1, -0.05) is 6.92 Å². The standard InChI is InChI=1S/C12H24N2O2S/c1-4-17-11-6-5-10(7-11)13-12(16)14(3)8-9(2)15/h9-11,15H,4-8H2,1-3H3,(H,13,16). The fourth-order valence-corrected chi connectivity index (χ4v) is 3.36. The number of rotatable bonds is 5. The van der Waals surface area contributed by atoms with Crippen LogP contribution in [0.4, 0.5) is 4.79 Å². The summed E-state index contributed by atoms with van der Waals surface area (Å²) in [7, 11) is 1.72. The first-order valence-electron chi connectivity index (χ1n) is 6.34. The minimum atomic E-state index is -0.474. The van der Waals surface area contributed by atoms with Gasteiger partial charge >= 0.3 is 6.03 Å². The molecular weight excluding hydrogens is 236 g/mol. The highest BCUT2D eigenvalue weighted by Gasteiger charge is 2.26. The lowest BCUT2D eigenvalue weighted by atomic mass is 10.2. The van der Waals surface area contributed by atoms with Crippen molar-refractivity contribution in [1.29, 1.82) is 0 Å². The van der Waals surface area contributed by atoms with Gasteiger partial charge in [0.25, 0.3) is 0 Å². The van der Waals surface area contributed by atoms with Gasteiger partial charge in [0, 0.05) is 24.9 Å². The van der Waals surface area contributed by atoms with Gasteiger partial charge in [-0.05, 0) is 31.9 Å². The average Bonchev–Trinajstić information content (AvgIpc) is 2.65. The van der Waals surface area contributed by atoms with Gasteiger partial charge in [-0.15, -0.1) is 0 Å². The first-order chi connectivity index (χ1) is 8.02. The molecule has 100 valence electrons. The van der Waals surface area contributed by atoms with Crippen LogP contribution < -0.4 is 5.32 Å². The summed E-state index contributed by atoms with van der Waals surface area (Å²) in [5.41, 5.74) is 0. The van der Waals surface area contributed by atoms with E-state index in [0.717, 1.165) is 18.6 Å². The molecule has 3 unspecified atom stereocenters. The van der Waals surface area contributed by atoms with Gasteiger partial charge in [0.15, 0.2) is 0 Å². The van der Waals surface area contributed by atoms with E-state index >= 15 is 0 Å². The van der Waals surface area contributed by atoms with Crippen molar-refractivity contribution in [3.05, 3.63) is 0 Å². The van der Waals surface area contributed by atoms with Crippen LogP contribution in [0.25, 0.3) is 0 Å².